The summed E-state index contributed by atoms with van der Waals surface area (Å²) < 4.78 is 5.18. The maximum Gasteiger partial charge on any atom is 0.165 e. The number of ether oxygens (including phenoxy) is 1. The van der Waals surface area contributed by atoms with Crippen LogP contribution >= 0.6 is 0 Å². The molecule has 3 aromatic carbocycles. The molecule has 4 nitrogen and oxygen atoms in total. The number of carbonyl (C=O) groups excluding carboxylic acids is 1. The van der Waals surface area contributed by atoms with Crippen molar-refractivity contribution in [2.24, 2.45) is 0 Å². The summed E-state index contributed by atoms with van der Waals surface area (Å²) >= 11 is 0. The number of pyridine rings is 1. The zero-order valence-electron chi connectivity index (χ0n) is 16.2. The van der Waals surface area contributed by atoms with E-state index in [1.165, 1.54) is 5.39 Å². The van der Waals surface area contributed by atoms with Crippen molar-refractivity contribution in [3.8, 4) is 5.75 Å². The van der Waals surface area contributed by atoms with Gasteiger partial charge in [0.1, 0.15) is 5.75 Å². The summed E-state index contributed by atoms with van der Waals surface area (Å²) in [4.78, 5) is 17.2. The Morgan fingerprint density at radius 1 is 0.966 bits per heavy atom. The quantitative estimate of drug-likeness (QED) is 0.419. The molecule has 4 aromatic rings. The van der Waals surface area contributed by atoms with E-state index >= 15 is 0 Å². The Morgan fingerprint density at radius 2 is 1.76 bits per heavy atom. The number of Topliss-reactive ketones (excluding diaryl/α,β-unsaturated/α-hetero) is 1. The second-order valence-corrected chi connectivity index (χ2v) is 6.90. The fraction of sp³-hybridized carbons (Fsp3) is 0.120. The summed E-state index contributed by atoms with van der Waals surface area (Å²) in [5.74, 6) is 0.800. The molecule has 1 N–H and O–H groups in total. The Bertz CT molecular complexity index is 1110. The number of hydrogen-bond donors (Lipinski definition) is 1. The van der Waals surface area contributed by atoms with E-state index in [9.17, 15) is 4.79 Å². The first kappa shape index (κ1) is 18.7. The van der Waals surface area contributed by atoms with Gasteiger partial charge in [-0.15, -0.1) is 0 Å². The molecule has 0 unspecified atom stereocenters. The monoisotopic (exact) mass is 382 g/mol. The zero-order valence-corrected chi connectivity index (χ0v) is 16.2. The molecule has 4 rings (SSSR count). The Morgan fingerprint density at radius 3 is 2.48 bits per heavy atom. The predicted molar refractivity (Wildman–Crippen MR) is 116 cm³/mol. The van der Waals surface area contributed by atoms with Crippen molar-refractivity contribution in [2.45, 2.75) is 12.5 Å². The second-order valence-electron chi connectivity index (χ2n) is 6.90. The van der Waals surface area contributed by atoms with Crippen molar-refractivity contribution in [1.29, 1.82) is 0 Å². The number of benzene rings is 3. The highest BCUT2D eigenvalue weighted by Crippen LogP contribution is 2.27. The van der Waals surface area contributed by atoms with Crippen LogP contribution in [0, 0.1) is 0 Å². The summed E-state index contributed by atoms with van der Waals surface area (Å²) in [5.41, 5.74) is 2.61. The molecular weight excluding hydrogens is 360 g/mol. The van der Waals surface area contributed by atoms with Gasteiger partial charge >= 0.3 is 0 Å². The zero-order chi connectivity index (χ0) is 20.1. The minimum atomic E-state index is -0.181. The number of hydrogen-bond acceptors (Lipinski definition) is 4. The normalized spacial score (nSPS) is 11.8. The van der Waals surface area contributed by atoms with Gasteiger partial charge in [0, 0.05) is 30.1 Å². The molecule has 0 spiro atoms. The van der Waals surface area contributed by atoms with Crippen LogP contribution in [0.25, 0.3) is 10.8 Å². The molecule has 0 saturated carbocycles. The van der Waals surface area contributed by atoms with Crippen molar-refractivity contribution in [1.82, 2.24) is 4.98 Å². The Hall–Kier alpha value is -3.66. The number of nitrogens with zero attached hydrogens (tertiary/aromatic N) is 1. The lowest BCUT2D eigenvalue weighted by molar-refractivity contribution is 0.0976. The highest BCUT2D eigenvalue weighted by molar-refractivity contribution is 5.97. The molecule has 0 aliphatic rings. The molecule has 0 bridgehead atoms. The van der Waals surface area contributed by atoms with Crippen molar-refractivity contribution in [2.75, 3.05) is 12.4 Å². The van der Waals surface area contributed by atoms with E-state index in [1.54, 1.807) is 31.6 Å². The molecule has 0 amide bonds. The molecule has 1 heterocycles. The van der Waals surface area contributed by atoms with Crippen LogP contribution in [0.15, 0.2) is 91.3 Å². The van der Waals surface area contributed by atoms with E-state index in [2.05, 4.69) is 34.6 Å². The lowest BCUT2D eigenvalue weighted by Crippen LogP contribution is -2.16. The van der Waals surface area contributed by atoms with E-state index in [1.807, 2.05) is 42.5 Å². The first-order chi connectivity index (χ1) is 14.2. The van der Waals surface area contributed by atoms with Crippen molar-refractivity contribution >= 4 is 22.2 Å². The van der Waals surface area contributed by atoms with Crippen LogP contribution in [0.5, 0.6) is 5.75 Å². The number of ketones is 1. The molecule has 1 aromatic heterocycles. The van der Waals surface area contributed by atoms with Crippen molar-refractivity contribution < 1.29 is 9.53 Å². The third kappa shape index (κ3) is 4.43. The summed E-state index contributed by atoms with van der Waals surface area (Å²) in [7, 11) is 1.61. The topological polar surface area (TPSA) is 51.2 Å². The molecule has 29 heavy (non-hydrogen) atoms. The number of carbonyl (C=O) groups is 1. The van der Waals surface area contributed by atoms with Crippen LogP contribution in [0.2, 0.25) is 0 Å². The third-order valence-electron chi connectivity index (χ3n) is 4.98. The van der Waals surface area contributed by atoms with E-state index < -0.39 is 0 Å². The van der Waals surface area contributed by atoms with Gasteiger partial charge in [0.25, 0.3) is 0 Å². The van der Waals surface area contributed by atoms with Gasteiger partial charge in [0.2, 0.25) is 0 Å². The van der Waals surface area contributed by atoms with Gasteiger partial charge < -0.3 is 10.1 Å². The largest absolute Gasteiger partial charge is 0.497 e. The third-order valence-corrected chi connectivity index (χ3v) is 4.98. The number of fused-ring (bicyclic) bond motifs is 1. The van der Waals surface area contributed by atoms with E-state index in [4.69, 9.17) is 4.74 Å². The van der Waals surface area contributed by atoms with Crippen LogP contribution < -0.4 is 10.1 Å². The average molecular weight is 382 g/mol. The van der Waals surface area contributed by atoms with Crippen LogP contribution in [-0.4, -0.2) is 17.9 Å². The minimum Gasteiger partial charge on any atom is -0.497 e. The highest BCUT2D eigenvalue weighted by atomic mass is 16.5. The maximum absolute atomic E-state index is 12.9. The van der Waals surface area contributed by atoms with Gasteiger partial charge in [0.05, 0.1) is 13.2 Å². The van der Waals surface area contributed by atoms with Crippen LogP contribution in [-0.2, 0) is 0 Å². The molecule has 1 atom stereocenters. The summed E-state index contributed by atoms with van der Waals surface area (Å²) in [6, 6.07) is 25.4. The average Bonchev–Trinajstić information content (AvgIpc) is 2.79. The van der Waals surface area contributed by atoms with E-state index in [-0.39, 0.29) is 11.8 Å². The first-order valence-electron chi connectivity index (χ1n) is 9.55. The SMILES string of the molecule is COc1ccc(C(=O)C[C@@H](Nc2ccc3ccccc3c2)c2cccnc2)cc1. The van der Waals surface area contributed by atoms with Crippen LogP contribution in [0.1, 0.15) is 28.4 Å². The second kappa shape index (κ2) is 8.57. The van der Waals surface area contributed by atoms with E-state index in [0.29, 0.717) is 12.0 Å². The van der Waals surface area contributed by atoms with Crippen molar-refractivity contribution in [3.63, 3.8) is 0 Å². The predicted octanol–water partition coefficient (Wildman–Crippen LogP) is 5.67. The molecule has 4 heteroatoms. The standard InChI is InChI=1S/C25H22N2O2/c1-29-23-12-9-19(10-13-23)25(28)16-24(21-7-4-14-26-17-21)27-22-11-8-18-5-2-3-6-20(18)15-22/h2-15,17,24,27H,16H2,1H3/t24-/m1/s1. The highest BCUT2D eigenvalue weighted by Gasteiger charge is 2.18. The summed E-state index contributed by atoms with van der Waals surface area (Å²) in [6.45, 7) is 0. The van der Waals surface area contributed by atoms with Gasteiger partial charge in [-0.3, -0.25) is 9.78 Å². The number of aromatic nitrogens is 1. The van der Waals surface area contributed by atoms with Gasteiger partial charge in [-0.1, -0.05) is 36.4 Å². The van der Waals surface area contributed by atoms with Crippen molar-refractivity contribution in [3.05, 3.63) is 102 Å². The summed E-state index contributed by atoms with van der Waals surface area (Å²) in [6.07, 6.45) is 3.87. The van der Waals surface area contributed by atoms with Crippen LogP contribution in [0.4, 0.5) is 5.69 Å². The molecular formula is C25H22N2O2. The van der Waals surface area contributed by atoms with Gasteiger partial charge in [-0.2, -0.15) is 0 Å². The molecule has 0 radical (unpaired) electrons. The lowest BCUT2D eigenvalue weighted by atomic mass is 9.98. The Balaban J connectivity index is 1.59. The maximum atomic E-state index is 12.9. The number of nitrogens with one attached hydrogen (secondary N) is 1. The molecule has 0 aliphatic carbocycles. The number of rotatable bonds is 7. The molecule has 0 aliphatic heterocycles. The van der Waals surface area contributed by atoms with Crippen LogP contribution in [0.3, 0.4) is 0 Å². The number of methoxy groups -OCH3 is 1. The molecule has 0 saturated heterocycles. The fourth-order valence-corrected chi connectivity index (χ4v) is 3.39. The number of anilines is 1. The van der Waals surface area contributed by atoms with Gasteiger partial charge in [-0.25, -0.2) is 0 Å². The van der Waals surface area contributed by atoms with Gasteiger partial charge in [-0.05, 0) is 58.8 Å². The van der Waals surface area contributed by atoms with E-state index in [0.717, 1.165) is 22.4 Å². The smallest absolute Gasteiger partial charge is 0.165 e. The minimum absolute atomic E-state index is 0.0646. The summed E-state index contributed by atoms with van der Waals surface area (Å²) in [5, 5.41) is 5.87. The molecule has 144 valence electrons. The Labute approximate surface area is 170 Å². The fourth-order valence-electron chi connectivity index (χ4n) is 3.39. The first-order valence-corrected chi connectivity index (χ1v) is 9.55. The van der Waals surface area contributed by atoms with Gasteiger partial charge in [0.15, 0.2) is 5.78 Å². The lowest BCUT2D eigenvalue weighted by Gasteiger charge is -2.20. The molecule has 0 fully saturated rings. The Kier molecular flexibility index (Phi) is 5.52.